The van der Waals surface area contributed by atoms with Gasteiger partial charge < -0.3 is 5.21 Å². The second-order valence-electron chi connectivity index (χ2n) is 2.36. The minimum atomic E-state index is -4.20. The monoisotopic (exact) mass is 193 g/mol. The summed E-state index contributed by atoms with van der Waals surface area (Å²) in [6.45, 7) is 1.06. The van der Waals surface area contributed by atoms with Crippen molar-refractivity contribution in [2.45, 2.75) is 13.1 Å². The van der Waals surface area contributed by atoms with Crippen LogP contribution in [0.5, 0.6) is 0 Å². The van der Waals surface area contributed by atoms with E-state index in [4.69, 9.17) is 5.21 Å². The molecular formula is C8H10F3NO. The summed E-state index contributed by atoms with van der Waals surface area (Å²) in [6.07, 6.45) is 1.79. The van der Waals surface area contributed by atoms with Gasteiger partial charge in [0.2, 0.25) is 0 Å². The van der Waals surface area contributed by atoms with E-state index in [0.29, 0.717) is 0 Å². The van der Waals surface area contributed by atoms with E-state index in [-0.39, 0.29) is 0 Å². The van der Waals surface area contributed by atoms with Crippen LogP contribution in [0, 0.1) is 5.92 Å². The Bertz CT molecular complexity index is 218. The zero-order valence-electron chi connectivity index (χ0n) is 6.99. The van der Waals surface area contributed by atoms with Crippen LogP contribution >= 0.6 is 0 Å². The summed E-state index contributed by atoms with van der Waals surface area (Å²) in [5, 5.41) is 10.6. The Labute approximate surface area is 74.1 Å². The van der Waals surface area contributed by atoms with E-state index < -0.39 is 12.1 Å². The minimum absolute atomic E-state index is 1.02. The van der Waals surface area contributed by atoms with Crippen LogP contribution in [-0.4, -0.2) is 17.6 Å². The van der Waals surface area contributed by atoms with Crippen LogP contribution in [0.2, 0.25) is 0 Å². The lowest BCUT2D eigenvalue weighted by Gasteiger charge is -2.09. The van der Waals surface area contributed by atoms with Crippen LogP contribution < -0.4 is 0 Å². The fourth-order valence-electron chi connectivity index (χ4n) is 0.492. The summed E-state index contributed by atoms with van der Waals surface area (Å²) < 4.78 is 35.6. The lowest BCUT2D eigenvalue weighted by molar-refractivity contribution is -0.156. The van der Waals surface area contributed by atoms with Gasteiger partial charge in [0.05, 0.1) is 12.1 Å². The van der Waals surface area contributed by atoms with Crippen LogP contribution in [0.1, 0.15) is 6.92 Å². The first-order chi connectivity index (χ1) is 5.98. The average molecular weight is 193 g/mol. The molecule has 0 aliphatic carbocycles. The van der Waals surface area contributed by atoms with Gasteiger partial charge in [0.1, 0.15) is 0 Å². The van der Waals surface area contributed by atoms with Gasteiger partial charge in [-0.3, -0.25) is 0 Å². The SMILES string of the molecule is CC(\C=C/C=C/C=N/O)C(F)(F)F. The highest BCUT2D eigenvalue weighted by atomic mass is 19.4. The molecule has 0 aromatic heterocycles. The van der Waals surface area contributed by atoms with Crippen molar-refractivity contribution in [3.63, 3.8) is 0 Å². The largest absolute Gasteiger partial charge is 0.411 e. The second kappa shape index (κ2) is 5.40. The summed E-state index contributed by atoms with van der Waals surface area (Å²) in [6, 6.07) is 0. The van der Waals surface area contributed by atoms with E-state index in [0.717, 1.165) is 19.2 Å². The molecule has 5 heteroatoms. The maximum atomic E-state index is 11.9. The molecule has 0 saturated carbocycles. The lowest BCUT2D eigenvalue weighted by atomic mass is 10.1. The highest BCUT2D eigenvalue weighted by Crippen LogP contribution is 2.26. The number of allylic oxidation sites excluding steroid dienone is 4. The smallest absolute Gasteiger partial charge is 0.394 e. The highest BCUT2D eigenvalue weighted by molar-refractivity contribution is 5.70. The van der Waals surface area contributed by atoms with E-state index in [1.807, 2.05) is 0 Å². The van der Waals surface area contributed by atoms with Gasteiger partial charge in [-0.2, -0.15) is 13.2 Å². The van der Waals surface area contributed by atoms with Crippen molar-refractivity contribution in [1.29, 1.82) is 0 Å². The Kier molecular flexibility index (Phi) is 4.87. The Morgan fingerprint density at radius 3 is 2.31 bits per heavy atom. The molecule has 74 valence electrons. The molecule has 0 aliphatic rings. The molecule has 0 amide bonds. The molecule has 0 fully saturated rings. The van der Waals surface area contributed by atoms with Crippen molar-refractivity contribution in [2.24, 2.45) is 11.1 Å². The first-order valence-electron chi connectivity index (χ1n) is 3.56. The van der Waals surface area contributed by atoms with Gasteiger partial charge in [0, 0.05) is 0 Å². The first kappa shape index (κ1) is 11.7. The molecule has 13 heavy (non-hydrogen) atoms. The van der Waals surface area contributed by atoms with Gasteiger partial charge in [-0.15, -0.1) is 0 Å². The van der Waals surface area contributed by atoms with Crippen LogP contribution in [0.15, 0.2) is 29.5 Å². The fraction of sp³-hybridized carbons (Fsp3) is 0.375. The maximum Gasteiger partial charge on any atom is 0.394 e. The van der Waals surface area contributed by atoms with Gasteiger partial charge in [-0.25, -0.2) is 0 Å². The van der Waals surface area contributed by atoms with E-state index >= 15 is 0 Å². The number of nitrogens with zero attached hydrogens (tertiary/aromatic N) is 1. The van der Waals surface area contributed by atoms with Crippen molar-refractivity contribution in [1.82, 2.24) is 0 Å². The van der Waals surface area contributed by atoms with Gasteiger partial charge in [-0.05, 0) is 6.08 Å². The van der Waals surface area contributed by atoms with Gasteiger partial charge in [-0.1, -0.05) is 30.3 Å². The quantitative estimate of drug-likeness (QED) is 0.318. The summed E-state index contributed by atoms with van der Waals surface area (Å²) in [5.41, 5.74) is 0. The normalized spacial score (nSPS) is 16.3. The third-order valence-electron chi connectivity index (χ3n) is 1.29. The number of hydrogen-bond acceptors (Lipinski definition) is 2. The summed E-state index contributed by atoms with van der Waals surface area (Å²) in [4.78, 5) is 0. The molecular weight excluding hydrogens is 183 g/mol. The van der Waals surface area contributed by atoms with E-state index in [9.17, 15) is 13.2 Å². The number of rotatable bonds is 3. The average Bonchev–Trinajstić information content (AvgIpc) is 2.02. The van der Waals surface area contributed by atoms with Crippen LogP contribution in [0.3, 0.4) is 0 Å². The molecule has 1 unspecified atom stereocenters. The number of oxime groups is 1. The molecule has 0 rings (SSSR count). The highest BCUT2D eigenvalue weighted by Gasteiger charge is 2.33. The second-order valence-corrected chi connectivity index (χ2v) is 2.36. The lowest BCUT2D eigenvalue weighted by Crippen LogP contribution is -2.17. The third-order valence-corrected chi connectivity index (χ3v) is 1.29. The molecule has 2 nitrogen and oxygen atoms in total. The Morgan fingerprint density at radius 2 is 1.85 bits per heavy atom. The fourth-order valence-corrected chi connectivity index (χ4v) is 0.492. The van der Waals surface area contributed by atoms with Crippen LogP contribution in [0.25, 0.3) is 0 Å². The van der Waals surface area contributed by atoms with Gasteiger partial charge >= 0.3 is 6.18 Å². The van der Waals surface area contributed by atoms with Crippen molar-refractivity contribution < 1.29 is 18.4 Å². The van der Waals surface area contributed by atoms with E-state index in [2.05, 4.69) is 5.16 Å². The van der Waals surface area contributed by atoms with Crippen molar-refractivity contribution in [2.75, 3.05) is 0 Å². The van der Waals surface area contributed by atoms with Crippen molar-refractivity contribution in [3.05, 3.63) is 24.3 Å². The minimum Gasteiger partial charge on any atom is -0.411 e. The summed E-state index contributed by atoms with van der Waals surface area (Å²) in [5.74, 6) is -1.47. The standard InChI is InChI=1S/C8H10F3NO/c1-7(8(9,10)11)5-3-2-4-6-12-13/h2-7,13H,1H3/b4-2+,5-3-,12-6+. The molecule has 0 bridgehead atoms. The van der Waals surface area contributed by atoms with Crippen LogP contribution in [-0.2, 0) is 0 Å². The Balaban J connectivity index is 3.99. The molecule has 0 aromatic rings. The molecule has 0 radical (unpaired) electrons. The molecule has 0 spiro atoms. The van der Waals surface area contributed by atoms with Crippen molar-refractivity contribution in [3.8, 4) is 0 Å². The molecule has 1 atom stereocenters. The summed E-state index contributed by atoms with van der Waals surface area (Å²) in [7, 11) is 0. The zero-order valence-corrected chi connectivity index (χ0v) is 6.99. The summed E-state index contributed by atoms with van der Waals surface area (Å²) >= 11 is 0. The number of hydrogen-bond donors (Lipinski definition) is 1. The molecule has 0 saturated heterocycles. The molecule has 0 heterocycles. The van der Waals surface area contributed by atoms with Crippen LogP contribution in [0.4, 0.5) is 13.2 Å². The molecule has 0 aromatic carbocycles. The third kappa shape index (κ3) is 5.95. The van der Waals surface area contributed by atoms with E-state index in [1.165, 1.54) is 18.2 Å². The predicted octanol–water partition coefficient (Wildman–Crippen LogP) is 2.76. The van der Waals surface area contributed by atoms with Crippen molar-refractivity contribution >= 4 is 6.21 Å². The zero-order chi connectivity index (χ0) is 10.3. The maximum absolute atomic E-state index is 11.9. The molecule has 1 N–H and O–H groups in total. The number of halogens is 3. The van der Waals surface area contributed by atoms with E-state index in [1.54, 1.807) is 0 Å². The Hall–Kier alpha value is -1.26. The molecule has 0 aliphatic heterocycles. The van der Waals surface area contributed by atoms with Gasteiger partial charge in [0.15, 0.2) is 0 Å². The topological polar surface area (TPSA) is 32.6 Å². The Morgan fingerprint density at radius 1 is 1.23 bits per heavy atom. The van der Waals surface area contributed by atoms with Gasteiger partial charge in [0.25, 0.3) is 0 Å². The number of alkyl halides is 3. The first-order valence-corrected chi connectivity index (χ1v) is 3.56. The predicted molar refractivity (Wildman–Crippen MR) is 43.8 cm³/mol.